The van der Waals surface area contributed by atoms with Crippen LogP contribution in [0.3, 0.4) is 0 Å². The SMILES string of the molecule is CCCCCC1=CSC(C(=O)N(Cc2ccc(-c3ccc(C(=O)OC)cc3)cc2)C2CCN(C(=O)OC(C)(C)C)CC2)C1. The minimum atomic E-state index is -0.535. The quantitative estimate of drug-likeness (QED) is 0.203. The number of benzene rings is 2. The molecule has 2 aromatic rings. The molecule has 8 heteroatoms. The van der Waals surface area contributed by atoms with E-state index in [4.69, 9.17) is 9.47 Å². The van der Waals surface area contributed by atoms with Crippen molar-refractivity contribution < 1.29 is 23.9 Å². The maximum absolute atomic E-state index is 14.1. The van der Waals surface area contributed by atoms with E-state index in [1.165, 1.54) is 31.9 Å². The van der Waals surface area contributed by atoms with Crippen molar-refractivity contribution in [3.63, 3.8) is 0 Å². The van der Waals surface area contributed by atoms with Gasteiger partial charge in [-0.1, -0.05) is 61.7 Å². The van der Waals surface area contributed by atoms with Crippen molar-refractivity contribution in [1.29, 1.82) is 0 Å². The molecular formula is C35H46N2O5S. The monoisotopic (exact) mass is 606 g/mol. The van der Waals surface area contributed by atoms with Crippen LogP contribution >= 0.6 is 11.8 Å². The predicted molar refractivity (Wildman–Crippen MR) is 173 cm³/mol. The molecule has 4 rings (SSSR count). The van der Waals surface area contributed by atoms with E-state index < -0.39 is 5.60 Å². The van der Waals surface area contributed by atoms with E-state index in [9.17, 15) is 14.4 Å². The van der Waals surface area contributed by atoms with Gasteiger partial charge >= 0.3 is 12.1 Å². The van der Waals surface area contributed by atoms with Crippen LogP contribution in [0.2, 0.25) is 0 Å². The number of nitrogens with zero attached hydrogens (tertiary/aromatic N) is 2. The van der Waals surface area contributed by atoms with Crippen LogP contribution in [-0.4, -0.2) is 64.9 Å². The maximum Gasteiger partial charge on any atom is 0.410 e. The molecule has 2 aliphatic heterocycles. The Balaban J connectivity index is 1.46. The van der Waals surface area contributed by atoms with Crippen molar-refractivity contribution in [2.24, 2.45) is 0 Å². The lowest BCUT2D eigenvalue weighted by Gasteiger charge is -2.40. The summed E-state index contributed by atoms with van der Waals surface area (Å²) in [5, 5.41) is 2.12. The van der Waals surface area contributed by atoms with Gasteiger partial charge in [0.1, 0.15) is 5.60 Å². The number of unbranched alkanes of at least 4 members (excludes halogenated alkanes) is 2. The van der Waals surface area contributed by atoms with Gasteiger partial charge in [0.25, 0.3) is 0 Å². The second-order valence-electron chi connectivity index (χ2n) is 12.5. The Morgan fingerprint density at radius 3 is 2.16 bits per heavy atom. The average molecular weight is 607 g/mol. The van der Waals surface area contributed by atoms with E-state index in [1.54, 1.807) is 28.8 Å². The molecule has 7 nitrogen and oxygen atoms in total. The summed E-state index contributed by atoms with van der Waals surface area (Å²) in [7, 11) is 1.38. The van der Waals surface area contributed by atoms with Crippen LogP contribution in [0.1, 0.15) is 88.6 Å². The summed E-state index contributed by atoms with van der Waals surface area (Å²) in [6.07, 6.45) is 6.64. The normalized spacial score (nSPS) is 17.4. The van der Waals surface area contributed by atoms with Crippen molar-refractivity contribution >= 4 is 29.7 Å². The first-order chi connectivity index (χ1) is 20.6. The van der Waals surface area contributed by atoms with E-state index in [-0.39, 0.29) is 29.3 Å². The molecule has 1 unspecified atom stereocenters. The molecule has 0 N–H and O–H groups in total. The summed E-state index contributed by atoms with van der Waals surface area (Å²) in [4.78, 5) is 42.3. The average Bonchev–Trinajstić information content (AvgIpc) is 3.48. The molecular weight excluding hydrogens is 560 g/mol. The number of carbonyl (C=O) groups excluding carboxylic acids is 3. The largest absolute Gasteiger partial charge is 0.465 e. The summed E-state index contributed by atoms with van der Waals surface area (Å²) in [5.41, 5.74) is 4.48. The lowest BCUT2D eigenvalue weighted by molar-refractivity contribution is -0.134. The standard InChI is InChI=1S/C35H46N2O5S/c1-6-7-8-9-26-22-31(43-24-26)32(38)37(30-18-20-36(21-19-30)34(40)42-35(2,3)4)23-25-10-12-27(13-11-25)28-14-16-29(17-15-28)33(39)41-5/h10-17,24,30-31H,6-9,18-23H2,1-5H3. The van der Waals surface area contributed by atoms with Gasteiger partial charge in [0, 0.05) is 25.7 Å². The van der Waals surface area contributed by atoms with Gasteiger partial charge < -0.3 is 19.3 Å². The van der Waals surface area contributed by atoms with Gasteiger partial charge in [-0.2, -0.15) is 0 Å². The fourth-order valence-corrected chi connectivity index (χ4v) is 6.73. The molecule has 2 heterocycles. The highest BCUT2D eigenvalue weighted by atomic mass is 32.2. The van der Waals surface area contributed by atoms with Gasteiger partial charge in [0.2, 0.25) is 5.91 Å². The minimum Gasteiger partial charge on any atom is -0.465 e. The first-order valence-electron chi connectivity index (χ1n) is 15.5. The van der Waals surface area contributed by atoms with E-state index in [2.05, 4.69) is 41.5 Å². The molecule has 232 valence electrons. The van der Waals surface area contributed by atoms with Crippen LogP contribution in [0.4, 0.5) is 4.79 Å². The zero-order valence-electron chi connectivity index (χ0n) is 26.3. The number of esters is 1. The van der Waals surface area contributed by atoms with Crippen LogP contribution in [0.5, 0.6) is 0 Å². The molecule has 43 heavy (non-hydrogen) atoms. The number of ether oxygens (including phenoxy) is 2. The molecule has 0 radical (unpaired) electrons. The fourth-order valence-electron chi connectivity index (χ4n) is 5.60. The zero-order chi connectivity index (χ0) is 31.0. The summed E-state index contributed by atoms with van der Waals surface area (Å²) in [6.45, 7) is 9.52. The summed E-state index contributed by atoms with van der Waals surface area (Å²) < 4.78 is 10.4. The Morgan fingerprint density at radius 1 is 0.953 bits per heavy atom. The Bertz CT molecular complexity index is 1270. The molecule has 0 saturated carbocycles. The van der Waals surface area contributed by atoms with Crippen molar-refractivity contribution in [1.82, 2.24) is 9.80 Å². The van der Waals surface area contributed by atoms with Crippen molar-refractivity contribution in [2.75, 3.05) is 20.2 Å². The zero-order valence-corrected chi connectivity index (χ0v) is 27.1. The first kappa shape index (κ1) is 32.6. The molecule has 1 atom stereocenters. The molecule has 0 bridgehead atoms. The Kier molecular flexibility index (Phi) is 11.4. The molecule has 2 aromatic carbocycles. The maximum atomic E-state index is 14.1. The summed E-state index contributed by atoms with van der Waals surface area (Å²) >= 11 is 1.67. The fraction of sp³-hybridized carbons (Fsp3) is 0.514. The number of thioether (sulfide) groups is 1. The van der Waals surface area contributed by atoms with E-state index >= 15 is 0 Å². The van der Waals surface area contributed by atoms with Crippen LogP contribution in [0.15, 0.2) is 59.5 Å². The number of hydrogen-bond donors (Lipinski definition) is 0. The summed E-state index contributed by atoms with van der Waals surface area (Å²) in [6, 6.07) is 15.7. The highest BCUT2D eigenvalue weighted by Gasteiger charge is 2.35. The van der Waals surface area contributed by atoms with Gasteiger partial charge in [-0.25, -0.2) is 9.59 Å². The third-order valence-corrected chi connectivity index (χ3v) is 9.18. The molecule has 1 fully saturated rings. The topological polar surface area (TPSA) is 76.2 Å². The molecule has 2 amide bonds. The van der Waals surface area contributed by atoms with Gasteiger partial charge in [-0.3, -0.25) is 4.79 Å². The van der Waals surface area contributed by atoms with Gasteiger partial charge in [0.05, 0.1) is 17.9 Å². The summed E-state index contributed by atoms with van der Waals surface area (Å²) in [5.74, 6) is -0.169. The molecule has 0 aromatic heterocycles. The third-order valence-electron chi connectivity index (χ3n) is 8.01. The molecule has 0 spiro atoms. The van der Waals surface area contributed by atoms with Crippen molar-refractivity contribution in [2.45, 2.75) is 96.1 Å². The second-order valence-corrected chi connectivity index (χ2v) is 13.6. The van der Waals surface area contributed by atoms with Crippen molar-refractivity contribution in [3.05, 3.63) is 70.6 Å². The highest BCUT2D eigenvalue weighted by Crippen LogP contribution is 2.36. The molecule has 2 aliphatic rings. The Morgan fingerprint density at radius 2 is 1.58 bits per heavy atom. The van der Waals surface area contributed by atoms with E-state index in [0.717, 1.165) is 42.4 Å². The van der Waals surface area contributed by atoms with Crippen molar-refractivity contribution in [3.8, 4) is 11.1 Å². The number of allylic oxidation sites excluding steroid dienone is 1. The lowest BCUT2D eigenvalue weighted by Crippen LogP contribution is -2.51. The van der Waals surface area contributed by atoms with Crippen LogP contribution in [0.25, 0.3) is 11.1 Å². The van der Waals surface area contributed by atoms with Crippen LogP contribution in [0, 0.1) is 0 Å². The molecule has 1 saturated heterocycles. The number of rotatable bonds is 10. The highest BCUT2D eigenvalue weighted by molar-refractivity contribution is 8.03. The first-order valence-corrected chi connectivity index (χ1v) is 16.4. The molecule has 0 aliphatic carbocycles. The number of hydrogen-bond acceptors (Lipinski definition) is 6. The van der Waals surface area contributed by atoms with Gasteiger partial charge in [-0.05, 0) is 87.1 Å². The Hall–Kier alpha value is -3.26. The van der Waals surface area contributed by atoms with Crippen LogP contribution < -0.4 is 0 Å². The van der Waals surface area contributed by atoms with E-state index in [1.807, 2.05) is 32.9 Å². The van der Waals surface area contributed by atoms with Gasteiger partial charge in [-0.15, -0.1) is 11.8 Å². The second kappa shape index (κ2) is 15.0. The number of carbonyl (C=O) groups is 3. The number of piperidine rings is 1. The predicted octanol–water partition coefficient (Wildman–Crippen LogP) is 7.84. The van der Waals surface area contributed by atoms with E-state index in [0.29, 0.717) is 25.2 Å². The number of methoxy groups -OCH3 is 1. The lowest BCUT2D eigenvalue weighted by atomic mass is 9.99. The number of amides is 2. The third kappa shape index (κ3) is 9.12. The van der Waals surface area contributed by atoms with Crippen LogP contribution in [-0.2, 0) is 20.8 Å². The smallest absolute Gasteiger partial charge is 0.410 e. The minimum absolute atomic E-state index is 0.0569. The van der Waals surface area contributed by atoms with Gasteiger partial charge in [0.15, 0.2) is 0 Å². The Labute approximate surface area is 261 Å². The number of likely N-dealkylation sites (tertiary alicyclic amines) is 1.